The number of sulfonamides is 1. The second-order valence-corrected chi connectivity index (χ2v) is 13.1. The Morgan fingerprint density at radius 1 is 1.19 bits per heavy atom. The lowest BCUT2D eigenvalue weighted by Gasteiger charge is -2.39. The van der Waals surface area contributed by atoms with Crippen LogP contribution in [0.15, 0.2) is 35.3 Å². The van der Waals surface area contributed by atoms with Crippen LogP contribution < -0.4 is 15.6 Å². The van der Waals surface area contributed by atoms with Gasteiger partial charge in [0.1, 0.15) is 11.5 Å². The summed E-state index contributed by atoms with van der Waals surface area (Å²) in [6.07, 6.45) is -2.05. The largest absolute Gasteiger partial charge is 0.390 e. The predicted octanol–water partition coefficient (Wildman–Crippen LogP) is 4.78. The standard InChI is InChI=1S/C28H36F4N6O4S/c1-16(2)38-25-18(15-33-27(35-25)34-19-7-9-23(37(3)4)24(14-19)42-5)12-20(26(38)39)17-6-8-22(21(29)13-17)36-43(40,41)11-10-28(30,31)32/h6,8,12-13,15-16,19,23-24,36H,7,9-11,14H2,1-5H3,(H,33,34,35)/t19-,23-,24?/m1/s1. The average Bonchev–Trinajstić information content (AvgIpc) is 2.92. The Bertz CT molecular complexity index is 1630. The van der Waals surface area contributed by atoms with Crippen LogP contribution in [0.1, 0.15) is 45.6 Å². The van der Waals surface area contributed by atoms with Crippen molar-refractivity contribution in [3.05, 3.63) is 46.6 Å². The summed E-state index contributed by atoms with van der Waals surface area (Å²) in [6.45, 7) is 3.62. The Morgan fingerprint density at radius 2 is 1.91 bits per heavy atom. The quantitative estimate of drug-likeness (QED) is 0.308. The van der Waals surface area contributed by atoms with Crippen molar-refractivity contribution in [3.8, 4) is 11.1 Å². The number of ether oxygens (including phenoxy) is 1. The molecule has 1 aliphatic carbocycles. The van der Waals surface area contributed by atoms with E-state index < -0.39 is 45.4 Å². The lowest BCUT2D eigenvalue weighted by molar-refractivity contribution is -0.129. The van der Waals surface area contributed by atoms with E-state index in [9.17, 15) is 30.8 Å². The highest BCUT2D eigenvalue weighted by molar-refractivity contribution is 7.92. The van der Waals surface area contributed by atoms with Crippen molar-refractivity contribution < 1.29 is 30.7 Å². The molecule has 0 amide bonds. The van der Waals surface area contributed by atoms with E-state index in [2.05, 4.69) is 20.2 Å². The second-order valence-electron chi connectivity index (χ2n) is 11.2. The van der Waals surface area contributed by atoms with E-state index in [-0.39, 0.29) is 29.3 Å². The molecule has 2 heterocycles. The maximum Gasteiger partial charge on any atom is 0.390 e. The van der Waals surface area contributed by atoms with Crippen LogP contribution in [0.3, 0.4) is 0 Å². The molecule has 3 aromatic rings. The predicted molar refractivity (Wildman–Crippen MR) is 157 cm³/mol. The first-order chi connectivity index (χ1) is 20.1. The van der Waals surface area contributed by atoms with Crippen LogP contribution in [0.4, 0.5) is 29.2 Å². The fourth-order valence-corrected chi connectivity index (χ4v) is 6.48. The molecule has 1 aromatic carbocycles. The van der Waals surface area contributed by atoms with Crippen molar-refractivity contribution in [2.45, 2.75) is 69.9 Å². The Hall–Kier alpha value is -3.30. The van der Waals surface area contributed by atoms with Gasteiger partial charge in [0.05, 0.1) is 24.0 Å². The van der Waals surface area contributed by atoms with Crippen LogP contribution in [-0.4, -0.2) is 79.2 Å². The molecule has 43 heavy (non-hydrogen) atoms. The van der Waals surface area contributed by atoms with E-state index in [1.807, 2.05) is 32.7 Å². The first kappa shape index (κ1) is 32.6. The number of alkyl halides is 3. The number of likely N-dealkylation sites (N-methyl/N-ethyl adjacent to an activating group) is 1. The first-order valence-electron chi connectivity index (χ1n) is 13.8. The van der Waals surface area contributed by atoms with Gasteiger partial charge in [-0.3, -0.25) is 14.1 Å². The van der Waals surface area contributed by atoms with Gasteiger partial charge in [0.15, 0.2) is 0 Å². The van der Waals surface area contributed by atoms with Crippen molar-refractivity contribution in [1.82, 2.24) is 19.4 Å². The number of hydrogen-bond donors (Lipinski definition) is 2. The zero-order valence-corrected chi connectivity index (χ0v) is 25.4. The van der Waals surface area contributed by atoms with Crippen molar-refractivity contribution in [2.75, 3.05) is 37.0 Å². The van der Waals surface area contributed by atoms with E-state index in [0.717, 1.165) is 31.4 Å². The molecule has 4 rings (SSSR count). The van der Waals surface area contributed by atoms with Gasteiger partial charge in [0.2, 0.25) is 16.0 Å². The second kappa shape index (κ2) is 12.7. The average molecular weight is 629 g/mol. The Kier molecular flexibility index (Phi) is 9.66. The van der Waals surface area contributed by atoms with Gasteiger partial charge >= 0.3 is 6.18 Å². The molecule has 10 nitrogen and oxygen atoms in total. The highest BCUT2D eigenvalue weighted by atomic mass is 32.2. The summed E-state index contributed by atoms with van der Waals surface area (Å²) in [5.41, 5.74) is -0.300. The summed E-state index contributed by atoms with van der Waals surface area (Å²) < 4.78 is 85.4. The molecule has 1 aliphatic rings. The lowest BCUT2D eigenvalue weighted by atomic mass is 9.88. The molecule has 1 unspecified atom stereocenters. The van der Waals surface area contributed by atoms with Crippen molar-refractivity contribution in [1.29, 1.82) is 0 Å². The van der Waals surface area contributed by atoms with E-state index in [4.69, 9.17) is 4.74 Å². The minimum absolute atomic E-state index is 0.0417. The minimum atomic E-state index is -4.68. The fourth-order valence-electron chi connectivity index (χ4n) is 5.38. The maximum atomic E-state index is 14.9. The zero-order valence-electron chi connectivity index (χ0n) is 24.6. The molecule has 1 fully saturated rings. The number of nitrogens with one attached hydrogen (secondary N) is 2. The summed E-state index contributed by atoms with van der Waals surface area (Å²) in [4.78, 5) is 24.9. The zero-order chi connectivity index (χ0) is 31.7. The number of fused-ring (bicyclic) bond motifs is 1. The number of halogens is 4. The molecule has 2 aromatic heterocycles. The number of anilines is 2. The molecule has 15 heteroatoms. The van der Waals surface area contributed by atoms with Crippen molar-refractivity contribution in [3.63, 3.8) is 0 Å². The molecule has 236 valence electrons. The van der Waals surface area contributed by atoms with Crippen molar-refractivity contribution in [2.24, 2.45) is 0 Å². The Morgan fingerprint density at radius 3 is 2.51 bits per heavy atom. The number of rotatable bonds is 10. The molecule has 0 spiro atoms. The number of benzene rings is 1. The number of hydrogen-bond acceptors (Lipinski definition) is 8. The molecule has 0 bridgehead atoms. The summed E-state index contributed by atoms with van der Waals surface area (Å²) in [5, 5.41) is 3.90. The first-order valence-corrected chi connectivity index (χ1v) is 15.5. The third-order valence-corrected chi connectivity index (χ3v) is 8.82. The smallest absolute Gasteiger partial charge is 0.380 e. The van der Waals surface area contributed by atoms with Crippen LogP contribution in [0.5, 0.6) is 0 Å². The Balaban J connectivity index is 1.62. The SMILES string of the molecule is COC1C[C@H](Nc2ncc3cc(-c4ccc(NS(=O)(=O)CCC(F)(F)F)c(F)c4)c(=O)n(C(C)C)c3n2)CC[C@H]1N(C)C. The summed E-state index contributed by atoms with van der Waals surface area (Å²) >= 11 is 0. The highest BCUT2D eigenvalue weighted by Gasteiger charge is 2.32. The van der Waals surface area contributed by atoms with Gasteiger partial charge in [0, 0.05) is 42.4 Å². The van der Waals surface area contributed by atoms with Crippen LogP contribution >= 0.6 is 0 Å². The maximum absolute atomic E-state index is 14.9. The van der Waals surface area contributed by atoms with E-state index in [1.54, 1.807) is 13.3 Å². The lowest BCUT2D eigenvalue weighted by Crippen LogP contribution is -2.47. The van der Waals surface area contributed by atoms with Gasteiger partial charge in [-0.2, -0.15) is 18.2 Å². The van der Waals surface area contributed by atoms with Crippen LogP contribution in [0.25, 0.3) is 22.2 Å². The summed E-state index contributed by atoms with van der Waals surface area (Å²) in [5.74, 6) is -1.92. The van der Waals surface area contributed by atoms with Gasteiger partial charge < -0.3 is 15.0 Å². The third kappa shape index (κ3) is 7.81. The monoisotopic (exact) mass is 628 g/mol. The normalized spacial score (nSPS) is 19.7. The number of pyridine rings is 1. The van der Waals surface area contributed by atoms with Crippen molar-refractivity contribution >= 4 is 32.7 Å². The minimum Gasteiger partial charge on any atom is -0.380 e. The number of methoxy groups -OCH3 is 1. The van der Waals surface area contributed by atoms with Gasteiger partial charge in [-0.1, -0.05) is 6.07 Å². The van der Waals surface area contributed by atoms with Gasteiger partial charge in [-0.15, -0.1) is 0 Å². The van der Waals surface area contributed by atoms with Gasteiger partial charge in [-0.25, -0.2) is 17.8 Å². The molecule has 3 atom stereocenters. The number of aromatic nitrogens is 3. The topological polar surface area (TPSA) is 118 Å². The van der Waals surface area contributed by atoms with Crippen LogP contribution in [0, 0.1) is 5.82 Å². The van der Waals surface area contributed by atoms with E-state index in [1.165, 1.54) is 16.7 Å². The summed E-state index contributed by atoms with van der Waals surface area (Å²) in [6, 6.07) is 4.94. The van der Waals surface area contributed by atoms with Crippen LogP contribution in [-0.2, 0) is 14.8 Å². The molecule has 2 N–H and O–H groups in total. The van der Waals surface area contributed by atoms with E-state index in [0.29, 0.717) is 23.0 Å². The number of nitrogens with zero attached hydrogens (tertiary/aromatic N) is 4. The Labute approximate surface area is 247 Å². The molecular weight excluding hydrogens is 592 g/mol. The molecular formula is C28H36F4N6O4S. The molecule has 0 saturated heterocycles. The van der Waals surface area contributed by atoms with E-state index >= 15 is 0 Å². The molecule has 0 aliphatic heterocycles. The molecule has 0 radical (unpaired) electrons. The molecule has 1 saturated carbocycles. The van der Waals surface area contributed by atoms with Gasteiger partial charge in [-0.05, 0) is 71.0 Å². The highest BCUT2D eigenvalue weighted by Crippen LogP contribution is 2.29. The fraction of sp³-hybridized carbons (Fsp3) is 0.536. The van der Waals surface area contributed by atoms with Gasteiger partial charge in [0.25, 0.3) is 5.56 Å². The van der Waals surface area contributed by atoms with Crippen LogP contribution in [0.2, 0.25) is 0 Å². The summed E-state index contributed by atoms with van der Waals surface area (Å²) in [7, 11) is 1.31. The third-order valence-electron chi connectivity index (χ3n) is 7.55.